The van der Waals surface area contributed by atoms with Gasteiger partial charge in [0.25, 0.3) is 0 Å². The highest BCUT2D eigenvalue weighted by Gasteiger charge is 2.24. The van der Waals surface area contributed by atoms with E-state index in [0.29, 0.717) is 12.0 Å². The van der Waals surface area contributed by atoms with Crippen molar-refractivity contribution < 1.29 is 5.11 Å². The van der Waals surface area contributed by atoms with Gasteiger partial charge in [-0.15, -0.1) is 0 Å². The molecule has 0 amide bonds. The maximum absolute atomic E-state index is 9.79. The van der Waals surface area contributed by atoms with Crippen LogP contribution >= 0.6 is 0 Å². The van der Waals surface area contributed by atoms with Crippen LogP contribution < -0.4 is 10.6 Å². The summed E-state index contributed by atoms with van der Waals surface area (Å²) in [7, 11) is 0. The second-order valence-electron chi connectivity index (χ2n) is 4.71. The molecule has 3 nitrogen and oxygen atoms in total. The minimum atomic E-state index is -0.0504. The quantitative estimate of drug-likeness (QED) is 0.618. The molecular weight excluding hydrogens is 176 g/mol. The van der Waals surface area contributed by atoms with Gasteiger partial charge < -0.3 is 15.7 Å². The number of aliphatic hydroxyl groups excluding tert-OH is 1. The number of nitrogens with one attached hydrogen (secondary N) is 2. The van der Waals surface area contributed by atoms with E-state index in [1.165, 1.54) is 25.7 Å². The molecule has 14 heavy (non-hydrogen) atoms. The zero-order valence-electron chi connectivity index (χ0n) is 8.84. The molecule has 3 N–H and O–H groups in total. The van der Waals surface area contributed by atoms with Crippen LogP contribution in [0.15, 0.2) is 0 Å². The van der Waals surface area contributed by atoms with Crippen LogP contribution in [-0.2, 0) is 0 Å². The SMILES string of the molecule is OC1CCCCC1CNC1CCNC1. The first kappa shape index (κ1) is 10.4. The molecule has 0 bridgehead atoms. The average molecular weight is 198 g/mol. The summed E-state index contributed by atoms with van der Waals surface area (Å²) >= 11 is 0. The molecular formula is C11H22N2O. The first-order valence-electron chi connectivity index (χ1n) is 5.98. The summed E-state index contributed by atoms with van der Waals surface area (Å²) in [6, 6.07) is 0.643. The molecule has 82 valence electrons. The molecule has 1 aliphatic heterocycles. The van der Waals surface area contributed by atoms with Crippen molar-refractivity contribution in [1.29, 1.82) is 0 Å². The Bertz CT molecular complexity index is 169. The average Bonchev–Trinajstić information content (AvgIpc) is 2.69. The van der Waals surface area contributed by atoms with Gasteiger partial charge in [-0.2, -0.15) is 0 Å². The van der Waals surface area contributed by atoms with E-state index in [9.17, 15) is 5.11 Å². The van der Waals surface area contributed by atoms with E-state index in [-0.39, 0.29) is 6.10 Å². The van der Waals surface area contributed by atoms with Gasteiger partial charge >= 0.3 is 0 Å². The summed E-state index contributed by atoms with van der Waals surface area (Å²) < 4.78 is 0. The van der Waals surface area contributed by atoms with Crippen LogP contribution in [0.3, 0.4) is 0 Å². The monoisotopic (exact) mass is 198 g/mol. The van der Waals surface area contributed by atoms with E-state index in [2.05, 4.69) is 10.6 Å². The van der Waals surface area contributed by atoms with Crippen LogP contribution in [-0.4, -0.2) is 36.9 Å². The van der Waals surface area contributed by atoms with Gasteiger partial charge in [0, 0.05) is 19.1 Å². The van der Waals surface area contributed by atoms with Crippen LogP contribution in [0.2, 0.25) is 0 Å². The molecule has 0 aromatic heterocycles. The fraction of sp³-hybridized carbons (Fsp3) is 1.00. The standard InChI is InChI=1S/C11H22N2O/c14-11-4-2-1-3-9(11)7-13-10-5-6-12-8-10/h9-14H,1-8H2. The summed E-state index contributed by atoms with van der Waals surface area (Å²) in [6.07, 6.45) is 5.91. The molecule has 1 saturated carbocycles. The first-order valence-corrected chi connectivity index (χ1v) is 5.98. The van der Waals surface area contributed by atoms with Crippen LogP contribution in [0.1, 0.15) is 32.1 Å². The first-order chi connectivity index (χ1) is 6.86. The normalized spacial score (nSPS) is 38.8. The molecule has 1 saturated heterocycles. The summed E-state index contributed by atoms with van der Waals surface area (Å²) in [5.41, 5.74) is 0. The van der Waals surface area contributed by atoms with E-state index in [0.717, 1.165) is 26.1 Å². The third kappa shape index (κ3) is 2.69. The second-order valence-corrected chi connectivity index (χ2v) is 4.71. The summed E-state index contributed by atoms with van der Waals surface area (Å²) in [6.45, 7) is 3.25. The minimum absolute atomic E-state index is 0.0504. The number of hydrogen-bond donors (Lipinski definition) is 3. The van der Waals surface area contributed by atoms with Crippen molar-refractivity contribution in [1.82, 2.24) is 10.6 Å². The Kier molecular flexibility index (Phi) is 3.79. The van der Waals surface area contributed by atoms with Crippen molar-refractivity contribution in [2.45, 2.75) is 44.2 Å². The number of hydrogen-bond acceptors (Lipinski definition) is 3. The summed E-state index contributed by atoms with van der Waals surface area (Å²) in [5, 5.41) is 16.7. The highest BCUT2D eigenvalue weighted by Crippen LogP contribution is 2.23. The van der Waals surface area contributed by atoms with Crippen molar-refractivity contribution in [3.05, 3.63) is 0 Å². The number of aliphatic hydroxyl groups is 1. The molecule has 2 fully saturated rings. The predicted octanol–water partition coefficient (Wildman–Crippen LogP) is 0.489. The molecule has 0 radical (unpaired) electrons. The van der Waals surface area contributed by atoms with Crippen molar-refractivity contribution in [3.63, 3.8) is 0 Å². The maximum Gasteiger partial charge on any atom is 0.0580 e. The zero-order valence-corrected chi connectivity index (χ0v) is 8.84. The lowest BCUT2D eigenvalue weighted by Crippen LogP contribution is -2.39. The lowest BCUT2D eigenvalue weighted by atomic mass is 9.86. The molecule has 1 aliphatic carbocycles. The lowest BCUT2D eigenvalue weighted by molar-refractivity contribution is 0.0684. The van der Waals surface area contributed by atoms with E-state index in [1.807, 2.05) is 0 Å². The molecule has 1 heterocycles. The Hall–Kier alpha value is -0.120. The summed E-state index contributed by atoms with van der Waals surface area (Å²) in [4.78, 5) is 0. The maximum atomic E-state index is 9.79. The smallest absolute Gasteiger partial charge is 0.0580 e. The molecule has 2 aliphatic rings. The molecule has 2 rings (SSSR count). The highest BCUT2D eigenvalue weighted by molar-refractivity contribution is 4.81. The van der Waals surface area contributed by atoms with Gasteiger partial charge in [-0.3, -0.25) is 0 Å². The third-order valence-electron chi connectivity index (χ3n) is 3.60. The van der Waals surface area contributed by atoms with Crippen LogP contribution in [0.25, 0.3) is 0 Å². The molecule has 3 atom stereocenters. The van der Waals surface area contributed by atoms with E-state index < -0.39 is 0 Å². The van der Waals surface area contributed by atoms with Crippen LogP contribution in [0.5, 0.6) is 0 Å². The van der Waals surface area contributed by atoms with Crippen LogP contribution in [0, 0.1) is 5.92 Å². The molecule has 0 aromatic rings. The van der Waals surface area contributed by atoms with Gasteiger partial charge in [-0.1, -0.05) is 12.8 Å². The van der Waals surface area contributed by atoms with Crippen molar-refractivity contribution in [2.75, 3.05) is 19.6 Å². The second kappa shape index (κ2) is 5.10. The van der Waals surface area contributed by atoms with Crippen LogP contribution in [0.4, 0.5) is 0 Å². The topological polar surface area (TPSA) is 44.3 Å². The summed E-state index contributed by atoms with van der Waals surface area (Å²) in [5.74, 6) is 0.504. The van der Waals surface area contributed by atoms with Gasteiger partial charge in [-0.05, 0) is 31.7 Å². The van der Waals surface area contributed by atoms with Crippen molar-refractivity contribution >= 4 is 0 Å². The third-order valence-corrected chi connectivity index (χ3v) is 3.60. The molecule has 3 unspecified atom stereocenters. The molecule has 0 aromatic carbocycles. The largest absolute Gasteiger partial charge is 0.393 e. The highest BCUT2D eigenvalue weighted by atomic mass is 16.3. The van der Waals surface area contributed by atoms with Crippen molar-refractivity contribution in [3.8, 4) is 0 Å². The van der Waals surface area contributed by atoms with Gasteiger partial charge in [0.15, 0.2) is 0 Å². The Morgan fingerprint density at radius 1 is 1.21 bits per heavy atom. The van der Waals surface area contributed by atoms with Gasteiger partial charge in [0.05, 0.1) is 6.10 Å². The fourth-order valence-corrected chi connectivity index (χ4v) is 2.57. The van der Waals surface area contributed by atoms with E-state index >= 15 is 0 Å². The Labute approximate surface area is 86.3 Å². The minimum Gasteiger partial charge on any atom is -0.393 e. The Balaban J connectivity index is 1.67. The number of rotatable bonds is 3. The Morgan fingerprint density at radius 3 is 2.79 bits per heavy atom. The lowest BCUT2D eigenvalue weighted by Gasteiger charge is -2.28. The van der Waals surface area contributed by atoms with Gasteiger partial charge in [-0.25, -0.2) is 0 Å². The van der Waals surface area contributed by atoms with E-state index in [1.54, 1.807) is 0 Å². The van der Waals surface area contributed by atoms with Crippen molar-refractivity contribution in [2.24, 2.45) is 5.92 Å². The Morgan fingerprint density at radius 2 is 2.07 bits per heavy atom. The van der Waals surface area contributed by atoms with Gasteiger partial charge in [0.1, 0.15) is 0 Å². The zero-order chi connectivity index (χ0) is 9.80. The molecule has 3 heteroatoms. The van der Waals surface area contributed by atoms with Gasteiger partial charge in [0.2, 0.25) is 0 Å². The van der Waals surface area contributed by atoms with E-state index in [4.69, 9.17) is 0 Å². The predicted molar refractivity (Wildman–Crippen MR) is 57.2 cm³/mol. The molecule has 0 spiro atoms. The fourth-order valence-electron chi connectivity index (χ4n) is 2.57.